The Morgan fingerprint density at radius 3 is 2.83 bits per heavy atom. The minimum atomic E-state index is -0.948. The lowest BCUT2D eigenvalue weighted by Crippen LogP contribution is -2.40. The quantitative estimate of drug-likeness (QED) is 0.868. The molecule has 128 valence electrons. The average Bonchev–Trinajstić information content (AvgIpc) is 2.54. The smallest absolute Gasteiger partial charge is 0.321 e. The molecule has 0 saturated carbocycles. The first kappa shape index (κ1) is 17.9. The number of benzene rings is 1. The molecule has 1 N–H and O–H groups in total. The number of hydrogen-bond acceptors (Lipinski definition) is 3. The molecule has 1 aromatic rings. The number of carbonyl (C=O) groups excluding carboxylic acids is 1. The van der Waals surface area contributed by atoms with Crippen LogP contribution in [0.1, 0.15) is 25.3 Å². The Bertz CT molecular complexity index is 542. The molecule has 0 spiro atoms. The molecular weight excluding hydrogens is 312 g/mol. The zero-order valence-corrected chi connectivity index (χ0v) is 14.7. The van der Waals surface area contributed by atoms with Crippen molar-refractivity contribution in [2.75, 3.05) is 37.9 Å². The number of carbonyl (C=O) groups is 1. The first-order valence-corrected chi connectivity index (χ1v) is 9.56. The fourth-order valence-electron chi connectivity index (χ4n) is 2.59. The minimum Gasteiger partial charge on any atom is -0.384 e. The number of ether oxygens (including phenoxy) is 1. The Morgan fingerprint density at radius 1 is 1.39 bits per heavy atom. The normalized spacial score (nSPS) is 17.0. The summed E-state index contributed by atoms with van der Waals surface area (Å²) >= 11 is 0. The molecule has 2 amide bonds. The summed E-state index contributed by atoms with van der Waals surface area (Å²) in [4.78, 5) is 14.2. The van der Waals surface area contributed by atoms with Gasteiger partial charge in [-0.2, -0.15) is 0 Å². The summed E-state index contributed by atoms with van der Waals surface area (Å²) < 4.78 is 16.9. The van der Waals surface area contributed by atoms with Crippen LogP contribution in [0.3, 0.4) is 0 Å². The Kier molecular flexibility index (Phi) is 7.05. The van der Waals surface area contributed by atoms with E-state index in [0.717, 1.165) is 37.2 Å². The van der Waals surface area contributed by atoms with Crippen LogP contribution in [0.15, 0.2) is 24.3 Å². The number of urea groups is 1. The van der Waals surface area contributed by atoms with E-state index in [1.807, 2.05) is 29.2 Å². The van der Waals surface area contributed by atoms with E-state index in [2.05, 4.69) is 12.2 Å². The van der Waals surface area contributed by atoms with Gasteiger partial charge in [-0.05, 0) is 36.5 Å². The predicted molar refractivity (Wildman–Crippen MR) is 94.0 cm³/mol. The van der Waals surface area contributed by atoms with Crippen LogP contribution in [0.5, 0.6) is 0 Å². The van der Waals surface area contributed by atoms with Crippen molar-refractivity contribution >= 4 is 22.5 Å². The van der Waals surface area contributed by atoms with E-state index in [4.69, 9.17) is 4.74 Å². The molecule has 1 aliphatic rings. The van der Waals surface area contributed by atoms with E-state index in [-0.39, 0.29) is 6.03 Å². The molecule has 0 aliphatic carbocycles. The number of hydrogen-bond donors (Lipinski definition) is 1. The highest BCUT2D eigenvalue weighted by molar-refractivity contribution is 7.84. The second-order valence-corrected chi connectivity index (χ2v) is 7.66. The third-order valence-electron chi connectivity index (χ3n) is 4.09. The Balaban J connectivity index is 1.89. The molecule has 1 fully saturated rings. The van der Waals surface area contributed by atoms with Crippen molar-refractivity contribution in [3.8, 4) is 0 Å². The average molecular weight is 338 g/mol. The largest absolute Gasteiger partial charge is 0.384 e. The van der Waals surface area contributed by atoms with Crippen molar-refractivity contribution in [2.45, 2.75) is 25.5 Å². The van der Waals surface area contributed by atoms with Crippen LogP contribution < -0.4 is 5.32 Å². The number of anilines is 1. The lowest BCUT2D eigenvalue weighted by Gasteiger charge is -2.30. The van der Waals surface area contributed by atoms with Gasteiger partial charge in [-0.3, -0.25) is 4.21 Å². The van der Waals surface area contributed by atoms with Gasteiger partial charge in [-0.25, -0.2) is 4.79 Å². The molecule has 1 aromatic carbocycles. The second-order valence-electron chi connectivity index (χ2n) is 6.08. The molecule has 1 saturated heterocycles. The standard InChI is InChI=1S/C17H26N2O3S/c1-14-6-8-19(9-7-14)17(20)18-16-5-3-4-15(12-16)13-23(21)11-10-22-2/h3-5,12,14H,6-11,13H2,1-2H3,(H,18,20)/t23-/m0/s1. The molecule has 1 aliphatic heterocycles. The summed E-state index contributed by atoms with van der Waals surface area (Å²) in [6.45, 7) is 4.35. The number of nitrogens with zero attached hydrogens (tertiary/aromatic N) is 1. The second kappa shape index (κ2) is 9.03. The summed E-state index contributed by atoms with van der Waals surface area (Å²) in [6.07, 6.45) is 2.12. The molecule has 0 bridgehead atoms. The van der Waals surface area contributed by atoms with Crippen LogP contribution in [0.25, 0.3) is 0 Å². The van der Waals surface area contributed by atoms with Gasteiger partial charge in [-0.15, -0.1) is 0 Å². The van der Waals surface area contributed by atoms with Crippen LogP contribution in [0, 0.1) is 5.92 Å². The van der Waals surface area contributed by atoms with Crippen LogP contribution in [0.4, 0.5) is 10.5 Å². The van der Waals surface area contributed by atoms with Gasteiger partial charge in [0.2, 0.25) is 0 Å². The van der Waals surface area contributed by atoms with Crippen LogP contribution >= 0.6 is 0 Å². The Morgan fingerprint density at radius 2 is 2.13 bits per heavy atom. The van der Waals surface area contributed by atoms with Gasteiger partial charge in [0.25, 0.3) is 0 Å². The molecule has 1 atom stereocenters. The number of likely N-dealkylation sites (tertiary alicyclic amines) is 1. The van der Waals surface area contributed by atoms with Gasteiger partial charge in [-0.1, -0.05) is 19.1 Å². The van der Waals surface area contributed by atoms with Crippen molar-refractivity contribution in [3.63, 3.8) is 0 Å². The van der Waals surface area contributed by atoms with Gasteiger partial charge in [0, 0.05) is 48.2 Å². The topological polar surface area (TPSA) is 58.6 Å². The summed E-state index contributed by atoms with van der Waals surface area (Å²) in [5.74, 6) is 1.71. The Hall–Kier alpha value is -1.40. The fraction of sp³-hybridized carbons (Fsp3) is 0.588. The first-order chi connectivity index (χ1) is 11.1. The molecule has 6 heteroatoms. The zero-order chi connectivity index (χ0) is 16.7. The third kappa shape index (κ3) is 5.95. The molecule has 0 aromatic heterocycles. The van der Waals surface area contributed by atoms with Crippen molar-refractivity contribution in [1.82, 2.24) is 4.90 Å². The molecule has 1 heterocycles. The van der Waals surface area contributed by atoms with Gasteiger partial charge in [0.15, 0.2) is 0 Å². The molecule has 23 heavy (non-hydrogen) atoms. The maximum absolute atomic E-state index is 12.3. The summed E-state index contributed by atoms with van der Waals surface area (Å²) in [7, 11) is 0.658. The monoisotopic (exact) mass is 338 g/mol. The SMILES string of the molecule is COCC[S@](=O)Cc1cccc(NC(=O)N2CCC(C)CC2)c1. The molecule has 0 unspecified atom stereocenters. The van der Waals surface area contributed by atoms with Gasteiger partial charge in [0.1, 0.15) is 0 Å². The summed E-state index contributed by atoms with van der Waals surface area (Å²) in [5.41, 5.74) is 1.72. The third-order valence-corrected chi connectivity index (χ3v) is 5.37. The van der Waals surface area contributed by atoms with E-state index >= 15 is 0 Å². The van der Waals surface area contributed by atoms with Crippen molar-refractivity contribution < 1.29 is 13.7 Å². The summed E-state index contributed by atoms with van der Waals surface area (Å²) in [6, 6.07) is 7.54. The van der Waals surface area contributed by atoms with E-state index in [1.54, 1.807) is 7.11 Å². The predicted octanol–water partition coefficient (Wildman–Crippen LogP) is 2.85. The van der Waals surface area contributed by atoms with Crippen LogP contribution in [0.2, 0.25) is 0 Å². The maximum Gasteiger partial charge on any atom is 0.321 e. The molecule has 0 radical (unpaired) electrons. The summed E-state index contributed by atoms with van der Waals surface area (Å²) in [5, 5.41) is 2.95. The van der Waals surface area contributed by atoms with E-state index in [0.29, 0.717) is 24.0 Å². The van der Waals surface area contributed by atoms with Gasteiger partial charge < -0.3 is 15.0 Å². The van der Waals surface area contributed by atoms with E-state index in [9.17, 15) is 9.00 Å². The highest BCUT2D eigenvalue weighted by Gasteiger charge is 2.20. The maximum atomic E-state index is 12.3. The number of piperidine rings is 1. The number of methoxy groups -OCH3 is 1. The van der Waals surface area contributed by atoms with Crippen molar-refractivity contribution in [2.24, 2.45) is 5.92 Å². The van der Waals surface area contributed by atoms with Crippen molar-refractivity contribution in [3.05, 3.63) is 29.8 Å². The zero-order valence-electron chi connectivity index (χ0n) is 13.9. The fourth-order valence-corrected chi connectivity index (χ4v) is 3.64. The highest BCUT2D eigenvalue weighted by atomic mass is 32.2. The first-order valence-electron chi connectivity index (χ1n) is 8.07. The minimum absolute atomic E-state index is 0.0467. The highest BCUT2D eigenvalue weighted by Crippen LogP contribution is 2.18. The number of nitrogens with one attached hydrogen (secondary N) is 1. The van der Waals surface area contributed by atoms with Gasteiger partial charge in [0.05, 0.1) is 6.61 Å². The lowest BCUT2D eigenvalue weighted by atomic mass is 10.00. The van der Waals surface area contributed by atoms with Crippen LogP contribution in [-0.2, 0) is 21.3 Å². The molecule has 2 rings (SSSR count). The number of amides is 2. The van der Waals surface area contributed by atoms with E-state index < -0.39 is 10.8 Å². The van der Waals surface area contributed by atoms with E-state index in [1.165, 1.54) is 0 Å². The van der Waals surface area contributed by atoms with Crippen LogP contribution in [-0.4, -0.2) is 47.7 Å². The molecule has 5 nitrogen and oxygen atoms in total. The molecular formula is C17H26N2O3S. The Labute approximate surface area is 140 Å². The lowest BCUT2D eigenvalue weighted by molar-refractivity contribution is 0.186. The van der Waals surface area contributed by atoms with Gasteiger partial charge >= 0.3 is 6.03 Å². The number of rotatable bonds is 6. The van der Waals surface area contributed by atoms with Crippen molar-refractivity contribution in [1.29, 1.82) is 0 Å².